The average molecular weight is 476 g/mol. The first-order valence-corrected chi connectivity index (χ1v) is 10.8. The number of carbonyl (C=O) groups is 1. The van der Waals surface area contributed by atoms with Crippen LogP contribution >= 0.6 is 35.4 Å². The highest BCUT2D eigenvalue weighted by Crippen LogP contribution is 2.40. The first-order valence-electron chi connectivity index (χ1n) is 9.66. The number of benzene rings is 1. The van der Waals surface area contributed by atoms with Gasteiger partial charge in [0.05, 0.1) is 28.4 Å². The van der Waals surface area contributed by atoms with Crippen molar-refractivity contribution in [2.24, 2.45) is 0 Å². The highest BCUT2D eigenvalue weighted by molar-refractivity contribution is 7.80. The Labute approximate surface area is 195 Å². The SMILES string of the molecule is CCOC(=O)CN1C(=S)NC(c2ccccn2)C1c1ccc(-c2ccc(Cl)c(Cl)c2)o1. The number of pyridine rings is 1. The zero-order valence-electron chi connectivity index (χ0n) is 16.5. The van der Waals surface area contributed by atoms with Gasteiger partial charge in [-0.1, -0.05) is 29.3 Å². The fraction of sp³-hybridized carbons (Fsp3) is 0.227. The molecule has 0 bridgehead atoms. The summed E-state index contributed by atoms with van der Waals surface area (Å²) >= 11 is 17.7. The van der Waals surface area contributed by atoms with Crippen molar-refractivity contribution in [3.63, 3.8) is 0 Å². The lowest BCUT2D eigenvalue weighted by Crippen LogP contribution is -2.35. The zero-order chi connectivity index (χ0) is 22.0. The molecule has 0 aliphatic carbocycles. The van der Waals surface area contributed by atoms with Crippen LogP contribution in [-0.2, 0) is 9.53 Å². The predicted molar refractivity (Wildman–Crippen MR) is 123 cm³/mol. The third kappa shape index (κ3) is 4.54. The molecule has 0 saturated carbocycles. The first kappa shape index (κ1) is 21.6. The molecule has 2 unspecified atom stereocenters. The maximum Gasteiger partial charge on any atom is 0.325 e. The zero-order valence-corrected chi connectivity index (χ0v) is 18.9. The van der Waals surface area contributed by atoms with Gasteiger partial charge in [-0.3, -0.25) is 9.78 Å². The van der Waals surface area contributed by atoms with Crippen LogP contribution in [0.3, 0.4) is 0 Å². The minimum Gasteiger partial charge on any atom is -0.465 e. The van der Waals surface area contributed by atoms with Crippen molar-refractivity contribution in [2.45, 2.75) is 19.0 Å². The fourth-order valence-corrected chi connectivity index (χ4v) is 4.15. The van der Waals surface area contributed by atoms with Gasteiger partial charge in [-0.15, -0.1) is 0 Å². The van der Waals surface area contributed by atoms with Gasteiger partial charge in [0.15, 0.2) is 5.11 Å². The molecule has 3 heterocycles. The molecule has 1 aliphatic rings. The van der Waals surface area contributed by atoms with E-state index in [0.29, 0.717) is 33.3 Å². The van der Waals surface area contributed by atoms with Crippen molar-refractivity contribution in [3.8, 4) is 11.3 Å². The highest BCUT2D eigenvalue weighted by atomic mass is 35.5. The van der Waals surface area contributed by atoms with Crippen LogP contribution in [0.4, 0.5) is 0 Å². The number of carbonyl (C=O) groups excluding carboxylic acids is 1. The topological polar surface area (TPSA) is 67.6 Å². The van der Waals surface area contributed by atoms with Crippen LogP contribution in [0.5, 0.6) is 0 Å². The number of ether oxygens (including phenoxy) is 1. The third-order valence-corrected chi connectivity index (χ3v) is 6.02. The van der Waals surface area contributed by atoms with Crippen LogP contribution in [0.2, 0.25) is 10.0 Å². The van der Waals surface area contributed by atoms with Crippen LogP contribution in [0.1, 0.15) is 30.5 Å². The lowest BCUT2D eigenvalue weighted by atomic mass is 10.0. The summed E-state index contributed by atoms with van der Waals surface area (Å²) in [5.41, 5.74) is 1.58. The van der Waals surface area contributed by atoms with Crippen LogP contribution in [0.15, 0.2) is 59.1 Å². The molecule has 31 heavy (non-hydrogen) atoms. The average Bonchev–Trinajstić information content (AvgIpc) is 3.36. The number of halogens is 2. The van der Waals surface area contributed by atoms with Crippen molar-refractivity contribution in [3.05, 3.63) is 76.2 Å². The second kappa shape index (κ2) is 9.26. The lowest BCUT2D eigenvalue weighted by Gasteiger charge is -2.25. The number of aromatic nitrogens is 1. The Bertz CT molecular complexity index is 1110. The molecule has 1 fully saturated rings. The van der Waals surface area contributed by atoms with Crippen LogP contribution < -0.4 is 5.32 Å². The molecule has 1 aromatic carbocycles. The maximum atomic E-state index is 12.2. The van der Waals surface area contributed by atoms with E-state index in [1.54, 1.807) is 30.2 Å². The lowest BCUT2D eigenvalue weighted by molar-refractivity contribution is -0.143. The van der Waals surface area contributed by atoms with E-state index in [1.165, 1.54) is 0 Å². The normalized spacial score (nSPS) is 18.2. The first-order chi connectivity index (χ1) is 15.0. The summed E-state index contributed by atoms with van der Waals surface area (Å²) in [4.78, 5) is 18.5. The summed E-state index contributed by atoms with van der Waals surface area (Å²) in [7, 11) is 0. The smallest absolute Gasteiger partial charge is 0.325 e. The predicted octanol–water partition coefficient (Wildman–Crippen LogP) is 5.18. The molecule has 0 amide bonds. The molecule has 1 aliphatic heterocycles. The number of esters is 1. The number of thiocarbonyl (C=S) groups is 1. The molecule has 0 spiro atoms. The van der Waals surface area contributed by atoms with Crippen molar-refractivity contribution in [1.82, 2.24) is 15.2 Å². The minimum absolute atomic E-state index is 0.00349. The van der Waals surface area contributed by atoms with Gasteiger partial charge in [0.25, 0.3) is 0 Å². The summed E-state index contributed by atoms with van der Waals surface area (Å²) in [6.07, 6.45) is 1.72. The van der Waals surface area contributed by atoms with E-state index < -0.39 is 0 Å². The Morgan fingerprint density at radius 1 is 1.23 bits per heavy atom. The highest BCUT2D eigenvalue weighted by Gasteiger charge is 2.42. The second-order valence-corrected chi connectivity index (χ2v) is 8.09. The van der Waals surface area contributed by atoms with Gasteiger partial charge in [0, 0.05) is 11.8 Å². The molecule has 160 valence electrons. The van der Waals surface area contributed by atoms with Crippen LogP contribution in [0, 0.1) is 0 Å². The van der Waals surface area contributed by atoms with E-state index in [2.05, 4.69) is 10.3 Å². The van der Waals surface area contributed by atoms with E-state index >= 15 is 0 Å². The van der Waals surface area contributed by atoms with Gasteiger partial charge < -0.3 is 19.4 Å². The molecule has 2 aromatic heterocycles. The summed E-state index contributed by atoms with van der Waals surface area (Å²) in [6, 6.07) is 14.0. The Morgan fingerprint density at radius 2 is 2.06 bits per heavy atom. The van der Waals surface area contributed by atoms with Crippen molar-refractivity contribution in [1.29, 1.82) is 0 Å². The van der Waals surface area contributed by atoms with Gasteiger partial charge in [0.2, 0.25) is 0 Å². The Kier molecular flexibility index (Phi) is 6.46. The van der Waals surface area contributed by atoms with Gasteiger partial charge >= 0.3 is 5.97 Å². The molecule has 4 rings (SSSR count). The third-order valence-electron chi connectivity index (χ3n) is 4.92. The number of furan rings is 1. The van der Waals surface area contributed by atoms with Gasteiger partial charge in [-0.05, 0) is 61.6 Å². The van der Waals surface area contributed by atoms with Crippen molar-refractivity contribution >= 4 is 46.5 Å². The fourth-order valence-electron chi connectivity index (χ4n) is 3.55. The number of rotatable bonds is 6. The van der Waals surface area contributed by atoms with Crippen molar-refractivity contribution < 1.29 is 13.9 Å². The van der Waals surface area contributed by atoms with E-state index in [4.69, 9.17) is 44.6 Å². The Balaban J connectivity index is 1.71. The quantitative estimate of drug-likeness (QED) is 0.388. The molecule has 1 saturated heterocycles. The Morgan fingerprint density at radius 3 is 2.77 bits per heavy atom. The van der Waals surface area contributed by atoms with Gasteiger partial charge in [-0.25, -0.2) is 0 Å². The standard InChI is InChI=1S/C22H19Cl2N3O3S/c1-2-29-19(28)12-27-21(20(26-22(27)31)16-5-3-4-10-25-16)18-9-8-17(30-18)13-6-7-14(23)15(24)11-13/h3-11,20-21H,2,12H2,1H3,(H,26,31). The van der Waals surface area contributed by atoms with Gasteiger partial charge in [-0.2, -0.15) is 0 Å². The maximum absolute atomic E-state index is 12.2. The van der Waals surface area contributed by atoms with E-state index in [1.807, 2.05) is 36.4 Å². The summed E-state index contributed by atoms with van der Waals surface area (Å²) in [5.74, 6) is 0.894. The largest absolute Gasteiger partial charge is 0.465 e. The molecular formula is C22H19Cl2N3O3S. The molecule has 9 heteroatoms. The molecule has 2 atom stereocenters. The molecule has 1 N–H and O–H groups in total. The second-order valence-electron chi connectivity index (χ2n) is 6.89. The monoisotopic (exact) mass is 475 g/mol. The van der Waals surface area contributed by atoms with Crippen molar-refractivity contribution in [2.75, 3.05) is 13.2 Å². The summed E-state index contributed by atoms with van der Waals surface area (Å²) in [6.45, 7) is 2.06. The summed E-state index contributed by atoms with van der Waals surface area (Å²) < 4.78 is 11.3. The van der Waals surface area contributed by atoms with Crippen LogP contribution in [0.25, 0.3) is 11.3 Å². The number of nitrogens with zero attached hydrogens (tertiary/aromatic N) is 2. The minimum atomic E-state index is -0.386. The number of hydrogen-bond donors (Lipinski definition) is 1. The molecule has 0 radical (unpaired) electrons. The van der Waals surface area contributed by atoms with Gasteiger partial charge in [0.1, 0.15) is 24.1 Å². The van der Waals surface area contributed by atoms with Crippen LogP contribution in [-0.4, -0.2) is 34.1 Å². The number of hydrogen-bond acceptors (Lipinski definition) is 5. The summed E-state index contributed by atoms with van der Waals surface area (Å²) in [5, 5.41) is 4.61. The van der Waals surface area contributed by atoms with E-state index in [-0.39, 0.29) is 24.6 Å². The molecular weight excluding hydrogens is 457 g/mol. The molecule has 3 aromatic rings. The van der Waals surface area contributed by atoms with E-state index in [9.17, 15) is 4.79 Å². The Hall–Kier alpha value is -2.61. The van der Waals surface area contributed by atoms with E-state index in [0.717, 1.165) is 11.3 Å². The molecule has 6 nitrogen and oxygen atoms in total. The number of nitrogens with one attached hydrogen (secondary N) is 1.